The maximum atomic E-state index is 12.3. The number of piperazine rings is 1. The second-order valence-corrected chi connectivity index (χ2v) is 6.68. The minimum Gasteiger partial charge on any atom is -0.369 e. The van der Waals surface area contributed by atoms with Crippen LogP contribution in [0.15, 0.2) is 54.6 Å². The van der Waals surface area contributed by atoms with Gasteiger partial charge in [0.05, 0.1) is 0 Å². The van der Waals surface area contributed by atoms with Gasteiger partial charge in [-0.25, -0.2) is 0 Å². The van der Waals surface area contributed by atoms with Crippen molar-refractivity contribution in [3.63, 3.8) is 0 Å². The van der Waals surface area contributed by atoms with E-state index in [0.29, 0.717) is 17.8 Å². The van der Waals surface area contributed by atoms with E-state index in [1.54, 1.807) is 24.3 Å². The van der Waals surface area contributed by atoms with E-state index >= 15 is 0 Å². The number of nitrogens with zero attached hydrogens (tertiary/aromatic N) is 2. The monoisotopic (exact) mass is 366 g/mol. The highest BCUT2D eigenvalue weighted by Crippen LogP contribution is 2.15. The zero-order chi connectivity index (χ0) is 19.1. The zero-order valence-electron chi connectivity index (χ0n) is 15.6. The molecule has 1 aliphatic rings. The standard InChI is InChI=1S/C21H26N4O2/c1-17(26)23-19-7-5-6-18(16-19)21(27)22-10-11-24-12-14-25(15-13-24)20-8-3-2-4-9-20/h2-9,16H,10-15H2,1H3,(H,22,27)(H,23,26). The Hall–Kier alpha value is -2.86. The molecule has 1 saturated heterocycles. The molecular formula is C21H26N4O2. The number of carbonyl (C=O) groups is 2. The summed E-state index contributed by atoms with van der Waals surface area (Å²) in [7, 11) is 0. The van der Waals surface area contributed by atoms with Crippen LogP contribution in [-0.4, -0.2) is 56.0 Å². The molecule has 1 aliphatic heterocycles. The number of benzene rings is 2. The molecule has 6 heteroatoms. The molecule has 0 saturated carbocycles. The molecule has 1 fully saturated rings. The first-order valence-electron chi connectivity index (χ1n) is 9.30. The molecule has 0 unspecified atom stereocenters. The number of carbonyl (C=O) groups excluding carboxylic acids is 2. The summed E-state index contributed by atoms with van der Waals surface area (Å²) in [6.07, 6.45) is 0. The van der Waals surface area contributed by atoms with E-state index in [9.17, 15) is 9.59 Å². The molecule has 0 spiro atoms. The molecule has 0 aromatic heterocycles. The van der Waals surface area contributed by atoms with Crippen LogP contribution in [0.2, 0.25) is 0 Å². The van der Waals surface area contributed by atoms with E-state index in [4.69, 9.17) is 0 Å². The minimum atomic E-state index is -0.151. The number of hydrogen-bond donors (Lipinski definition) is 2. The average Bonchev–Trinajstić information content (AvgIpc) is 2.69. The predicted octanol–water partition coefficient (Wildman–Crippen LogP) is 2.20. The van der Waals surface area contributed by atoms with Crippen LogP contribution < -0.4 is 15.5 Å². The van der Waals surface area contributed by atoms with Crippen LogP contribution in [0.4, 0.5) is 11.4 Å². The first-order chi connectivity index (χ1) is 13.1. The molecule has 6 nitrogen and oxygen atoms in total. The smallest absolute Gasteiger partial charge is 0.251 e. The molecule has 2 aromatic carbocycles. The van der Waals surface area contributed by atoms with Crippen LogP contribution in [0.5, 0.6) is 0 Å². The second-order valence-electron chi connectivity index (χ2n) is 6.68. The number of amides is 2. The Morgan fingerprint density at radius 2 is 1.70 bits per heavy atom. The lowest BCUT2D eigenvalue weighted by molar-refractivity contribution is -0.114. The highest BCUT2D eigenvalue weighted by atomic mass is 16.2. The SMILES string of the molecule is CC(=O)Nc1cccc(C(=O)NCCN2CCN(c3ccccc3)CC2)c1. The van der Waals surface area contributed by atoms with Crippen molar-refractivity contribution in [2.24, 2.45) is 0 Å². The van der Waals surface area contributed by atoms with Gasteiger partial charge in [-0.05, 0) is 30.3 Å². The average molecular weight is 366 g/mol. The summed E-state index contributed by atoms with van der Waals surface area (Å²) in [5.74, 6) is -0.271. The van der Waals surface area contributed by atoms with Gasteiger partial charge in [-0.2, -0.15) is 0 Å². The first-order valence-corrected chi connectivity index (χ1v) is 9.30. The molecule has 1 heterocycles. The summed E-state index contributed by atoms with van der Waals surface area (Å²) in [4.78, 5) is 28.2. The normalized spacial score (nSPS) is 14.6. The van der Waals surface area contributed by atoms with E-state index in [1.165, 1.54) is 12.6 Å². The van der Waals surface area contributed by atoms with Gasteiger partial charge in [0, 0.05) is 63.1 Å². The van der Waals surface area contributed by atoms with E-state index in [1.807, 2.05) is 6.07 Å². The van der Waals surface area contributed by atoms with E-state index < -0.39 is 0 Å². The van der Waals surface area contributed by atoms with Crippen LogP contribution in [0, 0.1) is 0 Å². The number of para-hydroxylation sites is 1. The fourth-order valence-electron chi connectivity index (χ4n) is 3.24. The van der Waals surface area contributed by atoms with Gasteiger partial charge in [-0.1, -0.05) is 24.3 Å². The Kier molecular flexibility index (Phi) is 6.44. The Morgan fingerprint density at radius 1 is 0.963 bits per heavy atom. The Bertz CT molecular complexity index is 771. The van der Waals surface area contributed by atoms with Crippen LogP contribution >= 0.6 is 0 Å². The Balaban J connectivity index is 1.41. The third-order valence-corrected chi connectivity index (χ3v) is 4.65. The molecule has 0 radical (unpaired) electrons. The highest BCUT2D eigenvalue weighted by Gasteiger charge is 2.17. The van der Waals surface area contributed by atoms with Gasteiger partial charge in [0.2, 0.25) is 5.91 Å². The molecule has 27 heavy (non-hydrogen) atoms. The summed E-state index contributed by atoms with van der Waals surface area (Å²) in [6, 6.07) is 17.4. The number of nitrogens with one attached hydrogen (secondary N) is 2. The number of anilines is 2. The fourth-order valence-corrected chi connectivity index (χ4v) is 3.24. The van der Waals surface area contributed by atoms with Crippen molar-refractivity contribution in [2.45, 2.75) is 6.92 Å². The lowest BCUT2D eigenvalue weighted by Crippen LogP contribution is -2.48. The third-order valence-electron chi connectivity index (χ3n) is 4.65. The molecule has 0 atom stereocenters. The summed E-state index contributed by atoms with van der Waals surface area (Å²) >= 11 is 0. The Labute approximate surface area is 160 Å². The minimum absolute atomic E-state index is 0.120. The van der Waals surface area contributed by atoms with Crippen molar-refractivity contribution in [1.29, 1.82) is 0 Å². The van der Waals surface area contributed by atoms with Crippen molar-refractivity contribution in [2.75, 3.05) is 49.5 Å². The van der Waals surface area contributed by atoms with E-state index in [-0.39, 0.29) is 11.8 Å². The van der Waals surface area contributed by atoms with E-state index in [0.717, 1.165) is 32.7 Å². The molecule has 2 aromatic rings. The molecule has 3 rings (SSSR count). The van der Waals surface area contributed by atoms with E-state index in [2.05, 4.69) is 44.7 Å². The fraction of sp³-hybridized carbons (Fsp3) is 0.333. The predicted molar refractivity (Wildman–Crippen MR) is 108 cm³/mol. The molecule has 0 bridgehead atoms. The van der Waals surface area contributed by atoms with Gasteiger partial charge in [0.25, 0.3) is 5.91 Å². The van der Waals surface area contributed by atoms with Crippen molar-refractivity contribution in [1.82, 2.24) is 10.2 Å². The molecular weight excluding hydrogens is 340 g/mol. The molecule has 142 valence electrons. The van der Waals surface area contributed by atoms with Crippen molar-refractivity contribution in [3.8, 4) is 0 Å². The summed E-state index contributed by atoms with van der Waals surface area (Å²) in [6.45, 7) is 6.86. The van der Waals surface area contributed by atoms with Crippen LogP contribution in [-0.2, 0) is 4.79 Å². The van der Waals surface area contributed by atoms with Gasteiger partial charge in [-0.3, -0.25) is 14.5 Å². The second kappa shape index (κ2) is 9.19. The van der Waals surface area contributed by atoms with Gasteiger partial charge >= 0.3 is 0 Å². The van der Waals surface area contributed by atoms with Crippen molar-refractivity contribution < 1.29 is 9.59 Å². The van der Waals surface area contributed by atoms with Gasteiger partial charge in [0.1, 0.15) is 0 Å². The zero-order valence-corrected chi connectivity index (χ0v) is 15.6. The maximum Gasteiger partial charge on any atom is 0.251 e. The van der Waals surface area contributed by atoms with Crippen LogP contribution in [0.1, 0.15) is 17.3 Å². The lowest BCUT2D eigenvalue weighted by Gasteiger charge is -2.36. The van der Waals surface area contributed by atoms with Gasteiger partial charge < -0.3 is 15.5 Å². The summed E-state index contributed by atoms with van der Waals surface area (Å²) in [5.41, 5.74) is 2.45. The molecule has 2 amide bonds. The third kappa shape index (κ3) is 5.56. The quantitative estimate of drug-likeness (QED) is 0.823. The number of rotatable bonds is 6. The topological polar surface area (TPSA) is 64.7 Å². The first kappa shape index (κ1) is 18.9. The summed E-state index contributed by atoms with van der Waals surface area (Å²) in [5, 5.41) is 5.66. The molecule has 2 N–H and O–H groups in total. The largest absolute Gasteiger partial charge is 0.369 e. The lowest BCUT2D eigenvalue weighted by atomic mass is 10.2. The highest BCUT2D eigenvalue weighted by molar-refractivity contribution is 5.96. The van der Waals surface area contributed by atoms with Crippen LogP contribution in [0.3, 0.4) is 0 Å². The van der Waals surface area contributed by atoms with Gasteiger partial charge in [0.15, 0.2) is 0 Å². The maximum absolute atomic E-state index is 12.3. The van der Waals surface area contributed by atoms with Crippen molar-refractivity contribution in [3.05, 3.63) is 60.2 Å². The van der Waals surface area contributed by atoms with Crippen molar-refractivity contribution >= 4 is 23.2 Å². The molecule has 0 aliphatic carbocycles. The van der Waals surface area contributed by atoms with Crippen LogP contribution in [0.25, 0.3) is 0 Å². The Morgan fingerprint density at radius 3 is 2.41 bits per heavy atom. The number of hydrogen-bond acceptors (Lipinski definition) is 4. The summed E-state index contributed by atoms with van der Waals surface area (Å²) < 4.78 is 0. The van der Waals surface area contributed by atoms with Gasteiger partial charge in [-0.15, -0.1) is 0 Å².